The highest BCUT2D eigenvalue weighted by molar-refractivity contribution is 5.88. The lowest BCUT2D eigenvalue weighted by atomic mass is 10.2. The number of ether oxygens (including phenoxy) is 1. The van der Waals surface area contributed by atoms with Gasteiger partial charge in [0.25, 0.3) is 5.92 Å². The van der Waals surface area contributed by atoms with E-state index >= 15 is 0 Å². The summed E-state index contributed by atoms with van der Waals surface area (Å²) >= 11 is 0. The zero-order valence-electron chi connectivity index (χ0n) is 14.9. The molecule has 2 aromatic rings. The second-order valence-electron chi connectivity index (χ2n) is 6.86. The number of hydrogen-bond donors (Lipinski definition) is 0. The largest absolute Gasteiger partial charge is 0.462 e. The fourth-order valence-corrected chi connectivity index (χ4v) is 3.62. The van der Waals surface area contributed by atoms with E-state index in [9.17, 15) is 13.6 Å². The average Bonchev–Trinajstić information content (AvgIpc) is 3.11. The standard InChI is InChI=1S/C19H20F2N4O2/c1-3-16-12(8-25-9-13(7-22-25)18(26)27-4-2)5-6-17(23-16)24-10-14-15(11-24)19(14,20)21/h3,5-7,9,14-15H,1,4,8,10-11H2,2H3. The second kappa shape index (κ2) is 6.44. The van der Waals surface area contributed by atoms with Crippen LogP contribution in [-0.4, -0.2) is 46.4 Å². The number of anilines is 1. The number of nitrogens with zero attached hydrogens (tertiary/aromatic N) is 4. The summed E-state index contributed by atoms with van der Waals surface area (Å²) in [7, 11) is 0. The first-order valence-electron chi connectivity index (χ1n) is 8.88. The summed E-state index contributed by atoms with van der Waals surface area (Å²) in [5.74, 6) is -3.32. The van der Waals surface area contributed by atoms with Crippen LogP contribution in [0.2, 0.25) is 0 Å². The molecule has 0 aromatic carbocycles. The van der Waals surface area contributed by atoms with Gasteiger partial charge in [0.1, 0.15) is 5.82 Å². The van der Waals surface area contributed by atoms with Crippen LogP contribution in [0.3, 0.4) is 0 Å². The highest BCUT2D eigenvalue weighted by atomic mass is 19.3. The summed E-state index contributed by atoms with van der Waals surface area (Å²) in [6.45, 7) is 6.94. The number of carbonyl (C=O) groups excluding carboxylic acids is 1. The van der Waals surface area contributed by atoms with Gasteiger partial charge in [-0.15, -0.1) is 0 Å². The minimum Gasteiger partial charge on any atom is -0.462 e. The van der Waals surface area contributed by atoms with Crippen LogP contribution in [0.15, 0.2) is 31.1 Å². The molecule has 1 saturated heterocycles. The van der Waals surface area contributed by atoms with E-state index in [4.69, 9.17) is 4.74 Å². The van der Waals surface area contributed by atoms with Crippen LogP contribution >= 0.6 is 0 Å². The molecule has 0 N–H and O–H groups in total. The highest BCUT2D eigenvalue weighted by Crippen LogP contribution is 2.59. The van der Waals surface area contributed by atoms with Crippen LogP contribution < -0.4 is 4.90 Å². The Kier molecular flexibility index (Phi) is 4.20. The number of hydrogen-bond acceptors (Lipinski definition) is 5. The highest BCUT2D eigenvalue weighted by Gasteiger charge is 2.71. The molecule has 2 aromatic heterocycles. The summed E-state index contributed by atoms with van der Waals surface area (Å²) in [5.41, 5.74) is 1.94. The van der Waals surface area contributed by atoms with Gasteiger partial charge in [-0.25, -0.2) is 18.6 Å². The normalized spacial score (nSPS) is 22.4. The van der Waals surface area contributed by atoms with Crippen molar-refractivity contribution < 1.29 is 18.3 Å². The van der Waals surface area contributed by atoms with Gasteiger partial charge in [0.15, 0.2) is 0 Å². The maximum Gasteiger partial charge on any atom is 0.341 e. The molecular weight excluding hydrogens is 354 g/mol. The Bertz CT molecular complexity index is 882. The van der Waals surface area contributed by atoms with E-state index < -0.39 is 23.7 Å². The first-order chi connectivity index (χ1) is 12.9. The van der Waals surface area contributed by atoms with Crippen molar-refractivity contribution in [2.45, 2.75) is 19.4 Å². The smallest absolute Gasteiger partial charge is 0.341 e. The molecule has 0 radical (unpaired) electrons. The first-order valence-corrected chi connectivity index (χ1v) is 8.88. The molecule has 1 saturated carbocycles. The molecule has 2 unspecified atom stereocenters. The van der Waals surface area contributed by atoms with Crippen molar-refractivity contribution in [2.24, 2.45) is 11.8 Å². The quantitative estimate of drug-likeness (QED) is 0.728. The van der Waals surface area contributed by atoms with Gasteiger partial charge < -0.3 is 9.64 Å². The molecule has 2 atom stereocenters. The number of pyridine rings is 1. The van der Waals surface area contributed by atoms with Gasteiger partial charge in [0.05, 0.1) is 42.4 Å². The maximum absolute atomic E-state index is 13.4. The molecule has 6 nitrogen and oxygen atoms in total. The van der Waals surface area contributed by atoms with E-state index in [0.29, 0.717) is 43.3 Å². The molecule has 2 fully saturated rings. The molecule has 27 heavy (non-hydrogen) atoms. The van der Waals surface area contributed by atoms with Crippen molar-refractivity contribution in [3.63, 3.8) is 0 Å². The van der Waals surface area contributed by atoms with Gasteiger partial charge in [-0.1, -0.05) is 12.6 Å². The van der Waals surface area contributed by atoms with E-state index in [0.717, 1.165) is 5.56 Å². The molecule has 1 aliphatic heterocycles. The molecular formula is C19H20F2N4O2. The monoisotopic (exact) mass is 374 g/mol. The Balaban J connectivity index is 1.48. The number of rotatable bonds is 6. The number of carbonyl (C=O) groups is 1. The van der Waals surface area contributed by atoms with Crippen LogP contribution in [-0.2, 0) is 11.3 Å². The molecule has 0 bridgehead atoms. The number of fused-ring (bicyclic) bond motifs is 1. The van der Waals surface area contributed by atoms with Gasteiger partial charge in [0, 0.05) is 19.3 Å². The third-order valence-electron chi connectivity index (χ3n) is 5.19. The zero-order chi connectivity index (χ0) is 19.2. The van der Waals surface area contributed by atoms with Crippen molar-refractivity contribution in [3.8, 4) is 0 Å². The molecule has 0 spiro atoms. The van der Waals surface area contributed by atoms with E-state index in [1.807, 2.05) is 17.0 Å². The van der Waals surface area contributed by atoms with E-state index in [2.05, 4.69) is 16.7 Å². The van der Waals surface area contributed by atoms with Crippen molar-refractivity contribution in [1.29, 1.82) is 0 Å². The summed E-state index contributed by atoms with van der Waals surface area (Å²) in [6, 6.07) is 3.73. The van der Waals surface area contributed by atoms with Crippen LogP contribution in [0.5, 0.6) is 0 Å². The third kappa shape index (κ3) is 3.09. The van der Waals surface area contributed by atoms with Gasteiger partial charge in [-0.3, -0.25) is 4.68 Å². The Morgan fingerprint density at radius 3 is 2.81 bits per heavy atom. The van der Waals surface area contributed by atoms with Gasteiger partial charge in [-0.2, -0.15) is 5.10 Å². The number of piperidine rings is 1. The van der Waals surface area contributed by atoms with Crippen molar-refractivity contribution in [2.75, 3.05) is 24.6 Å². The zero-order valence-corrected chi connectivity index (χ0v) is 14.9. The predicted octanol–water partition coefficient (Wildman–Crippen LogP) is 2.85. The third-order valence-corrected chi connectivity index (χ3v) is 5.19. The van der Waals surface area contributed by atoms with Gasteiger partial charge in [0.2, 0.25) is 0 Å². The first kappa shape index (κ1) is 17.6. The lowest BCUT2D eigenvalue weighted by Gasteiger charge is -2.21. The fourth-order valence-electron chi connectivity index (χ4n) is 3.62. The molecule has 8 heteroatoms. The summed E-state index contributed by atoms with van der Waals surface area (Å²) in [6.07, 6.45) is 4.72. The maximum atomic E-state index is 13.4. The lowest BCUT2D eigenvalue weighted by Crippen LogP contribution is -2.28. The topological polar surface area (TPSA) is 60.2 Å². The second-order valence-corrected chi connectivity index (χ2v) is 6.86. The van der Waals surface area contributed by atoms with Crippen LogP contribution in [0.1, 0.15) is 28.5 Å². The van der Waals surface area contributed by atoms with Crippen LogP contribution in [0, 0.1) is 11.8 Å². The Labute approximate surface area is 155 Å². The Hall–Kier alpha value is -2.77. The van der Waals surface area contributed by atoms with Gasteiger partial charge in [-0.05, 0) is 24.6 Å². The van der Waals surface area contributed by atoms with E-state index in [1.54, 1.807) is 23.9 Å². The van der Waals surface area contributed by atoms with E-state index in [-0.39, 0.29) is 0 Å². The average molecular weight is 374 g/mol. The summed E-state index contributed by atoms with van der Waals surface area (Å²) in [4.78, 5) is 18.2. The summed E-state index contributed by atoms with van der Waals surface area (Å²) in [5, 5.41) is 4.18. The number of esters is 1. The SMILES string of the molecule is C=Cc1nc(N2CC3C(C2)C3(F)F)ccc1Cn1cc(C(=O)OCC)cn1. The van der Waals surface area contributed by atoms with Crippen molar-refractivity contribution >= 4 is 17.9 Å². The minimum atomic E-state index is -2.51. The van der Waals surface area contributed by atoms with Crippen molar-refractivity contribution in [1.82, 2.24) is 14.8 Å². The minimum absolute atomic E-state index is 0.306. The molecule has 1 aliphatic carbocycles. The number of alkyl halides is 2. The molecule has 2 aliphatic rings. The predicted molar refractivity (Wildman–Crippen MR) is 95.8 cm³/mol. The van der Waals surface area contributed by atoms with Gasteiger partial charge >= 0.3 is 5.97 Å². The molecule has 3 heterocycles. The summed E-state index contributed by atoms with van der Waals surface area (Å²) < 4.78 is 33.4. The van der Waals surface area contributed by atoms with Crippen LogP contribution in [0.25, 0.3) is 6.08 Å². The Morgan fingerprint density at radius 2 is 2.15 bits per heavy atom. The number of aromatic nitrogens is 3. The fraction of sp³-hybridized carbons (Fsp3) is 0.421. The molecule has 0 amide bonds. The van der Waals surface area contributed by atoms with Crippen LogP contribution in [0.4, 0.5) is 14.6 Å². The Morgan fingerprint density at radius 1 is 1.41 bits per heavy atom. The lowest BCUT2D eigenvalue weighted by molar-refractivity contribution is 0.0526. The number of halogens is 2. The van der Waals surface area contributed by atoms with Crippen molar-refractivity contribution in [3.05, 3.63) is 47.9 Å². The van der Waals surface area contributed by atoms with E-state index in [1.165, 1.54) is 6.20 Å². The molecule has 142 valence electrons. The molecule has 4 rings (SSSR count).